The van der Waals surface area contributed by atoms with Gasteiger partial charge in [-0.05, 0) is 25.8 Å². The fourth-order valence-corrected chi connectivity index (χ4v) is 1.94. The van der Waals surface area contributed by atoms with Gasteiger partial charge in [0.25, 0.3) is 0 Å². The third kappa shape index (κ3) is 2.79. The van der Waals surface area contributed by atoms with Crippen LogP contribution in [0.15, 0.2) is 6.07 Å². The zero-order chi connectivity index (χ0) is 11.5. The second kappa shape index (κ2) is 4.91. The number of hydrogen-bond acceptors (Lipinski definition) is 3. The van der Waals surface area contributed by atoms with E-state index in [4.69, 9.17) is 0 Å². The standard InChI is InChI=1S/C13H21N3/c1-9(2)14-8-13-15-10(3)7-12(16-13)11-5-4-6-11/h7,9,11,14H,4-6,8H2,1-3H3. The third-order valence-corrected chi connectivity index (χ3v) is 3.11. The van der Waals surface area contributed by atoms with Crippen LogP contribution in [0.1, 0.15) is 56.2 Å². The van der Waals surface area contributed by atoms with Gasteiger partial charge in [-0.25, -0.2) is 9.97 Å². The van der Waals surface area contributed by atoms with E-state index >= 15 is 0 Å². The topological polar surface area (TPSA) is 37.8 Å². The van der Waals surface area contributed by atoms with Gasteiger partial charge in [-0.15, -0.1) is 0 Å². The van der Waals surface area contributed by atoms with E-state index in [0.29, 0.717) is 12.0 Å². The summed E-state index contributed by atoms with van der Waals surface area (Å²) < 4.78 is 0. The average molecular weight is 219 g/mol. The van der Waals surface area contributed by atoms with Crippen LogP contribution in [0.2, 0.25) is 0 Å². The maximum absolute atomic E-state index is 4.65. The Bertz CT molecular complexity index is 356. The lowest BCUT2D eigenvalue weighted by atomic mass is 9.82. The fraction of sp³-hybridized carbons (Fsp3) is 0.692. The number of aromatic nitrogens is 2. The molecule has 88 valence electrons. The Kier molecular flexibility index (Phi) is 3.54. The molecule has 1 aromatic heterocycles. The van der Waals surface area contributed by atoms with Gasteiger partial charge in [-0.1, -0.05) is 20.3 Å². The first-order valence-corrected chi connectivity index (χ1v) is 6.23. The number of nitrogens with one attached hydrogen (secondary N) is 1. The van der Waals surface area contributed by atoms with Crippen LogP contribution in [0.5, 0.6) is 0 Å². The minimum atomic E-state index is 0.483. The molecule has 3 nitrogen and oxygen atoms in total. The predicted molar refractivity (Wildman–Crippen MR) is 65.3 cm³/mol. The lowest BCUT2D eigenvalue weighted by Crippen LogP contribution is -2.24. The fourth-order valence-electron chi connectivity index (χ4n) is 1.94. The summed E-state index contributed by atoms with van der Waals surface area (Å²) >= 11 is 0. The minimum absolute atomic E-state index is 0.483. The van der Waals surface area contributed by atoms with E-state index in [9.17, 15) is 0 Å². The number of nitrogens with zero attached hydrogens (tertiary/aromatic N) is 2. The van der Waals surface area contributed by atoms with E-state index in [0.717, 1.165) is 18.1 Å². The van der Waals surface area contributed by atoms with Crippen LogP contribution >= 0.6 is 0 Å². The van der Waals surface area contributed by atoms with Crippen LogP contribution in [0.25, 0.3) is 0 Å². The first kappa shape index (κ1) is 11.5. The Labute approximate surface area is 97.7 Å². The maximum atomic E-state index is 4.65. The SMILES string of the molecule is Cc1cc(C2CCC2)nc(CNC(C)C)n1. The summed E-state index contributed by atoms with van der Waals surface area (Å²) in [6.07, 6.45) is 3.95. The van der Waals surface area contributed by atoms with Crippen molar-refractivity contribution in [2.24, 2.45) is 0 Å². The minimum Gasteiger partial charge on any atom is -0.308 e. The molecule has 1 fully saturated rings. The lowest BCUT2D eigenvalue weighted by molar-refractivity contribution is 0.408. The van der Waals surface area contributed by atoms with E-state index in [-0.39, 0.29) is 0 Å². The van der Waals surface area contributed by atoms with E-state index in [1.54, 1.807) is 0 Å². The number of aryl methyl sites for hydroxylation is 1. The molecule has 0 aliphatic heterocycles. The molecule has 0 unspecified atom stereocenters. The molecule has 1 aliphatic carbocycles. The van der Waals surface area contributed by atoms with E-state index in [2.05, 4.69) is 42.1 Å². The molecule has 3 heteroatoms. The van der Waals surface area contributed by atoms with Crippen molar-refractivity contribution in [3.8, 4) is 0 Å². The van der Waals surface area contributed by atoms with E-state index in [1.807, 2.05) is 0 Å². The second-order valence-corrected chi connectivity index (χ2v) is 5.01. The largest absolute Gasteiger partial charge is 0.308 e. The smallest absolute Gasteiger partial charge is 0.142 e. The van der Waals surface area contributed by atoms with Gasteiger partial charge in [0.2, 0.25) is 0 Å². The first-order chi connectivity index (χ1) is 7.65. The van der Waals surface area contributed by atoms with Crippen molar-refractivity contribution in [3.63, 3.8) is 0 Å². The Morgan fingerprint density at radius 3 is 2.69 bits per heavy atom. The summed E-state index contributed by atoms with van der Waals surface area (Å²) in [6, 6.07) is 2.62. The van der Waals surface area contributed by atoms with Gasteiger partial charge in [0.15, 0.2) is 0 Å². The molecule has 1 aliphatic rings. The number of hydrogen-bond donors (Lipinski definition) is 1. The molecule has 0 spiro atoms. The highest BCUT2D eigenvalue weighted by atomic mass is 15.0. The van der Waals surface area contributed by atoms with E-state index < -0.39 is 0 Å². The average Bonchev–Trinajstić information content (AvgIpc) is 2.11. The second-order valence-electron chi connectivity index (χ2n) is 5.01. The van der Waals surface area contributed by atoms with Crippen molar-refractivity contribution in [1.29, 1.82) is 0 Å². The van der Waals surface area contributed by atoms with Crippen molar-refractivity contribution in [2.75, 3.05) is 0 Å². The molecule has 0 radical (unpaired) electrons. The van der Waals surface area contributed by atoms with Crippen LogP contribution in [-0.4, -0.2) is 16.0 Å². The molecular weight excluding hydrogens is 198 g/mol. The van der Waals surface area contributed by atoms with Crippen LogP contribution < -0.4 is 5.32 Å². The zero-order valence-corrected chi connectivity index (χ0v) is 10.5. The molecule has 0 saturated heterocycles. The molecule has 0 aromatic carbocycles. The van der Waals surface area contributed by atoms with Crippen molar-refractivity contribution < 1.29 is 0 Å². The van der Waals surface area contributed by atoms with Crippen molar-refractivity contribution >= 4 is 0 Å². The van der Waals surface area contributed by atoms with E-state index in [1.165, 1.54) is 25.0 Å². The summed E-state index contributed by atoms with van der Waals surface area (Å²) in [7, 11) is 0. The Morgan fingerprint density at radius 2 is 2.12 bits per heavy atom. The Morgan fingerprint density at radius 1 is 1.38 bits per heavy atom. The molecule has 0 bridgehead atoms. The van der Waals surface area contributed by atoms with Gasteiger partial charge >= 0.3 is 0 Å². The maximum Gasteiger partial charge on any atom is 0.142 e. The monoisotopic (exact) mass is 219 g/mol. The highest BCUT2D eigenvalue weighted by Crippen LogP contribution is 2.35. The van der Waals surface area contributed by atoms with Gasteiger partial charge in [-0.2, -0.15) is 0 Å². The highest BCUT2D eigenvalue weighted by Gasteiger charge is 2.21. The molecular formula is C13H21N3. The summed E-state index contributed by atoms with van der Waals surface area (Å²) in [5, 5.41) is 3.37. The summed E-state index contributed by atoms with van der Waals surface area (Å²) in [5.41, 5.74) is 2.34. The summed E-state index contributed by atoms with van der Waals surface area (Å²) in [4.78, 5) is 9.13. The first-order valence-electron chi connectivity index (χ1n) is 6.23. The zero-order valence-electron chi connectivity index (χ0n) is 10.5. The molecule has 2 rings (SSSR count). The molecule has 0 amide bonds. The molecule has 16 heavy (non-hydrogen) atoms. The van der Waals surface area contributed by atoms with Crippen LogP contribution in [-0.2, 0) is 6.54 Å². The summed E-state index contributed by atoms with van der Waals surface area (Å²) in [6.45, 7) is 7.12. The van der Waals surface area contributed by atoms with Gasteiger partial charge in [-0.3, -0.25) is 0 Å². The Balaban J connectivity index is 2.08. The van der Waals surface area contributed by atoms with Crippen LogP contribution in [0, 0.1) is 6.92 Å². The normalized spacial score (nSPS) is 16.5. The van der Waals surface area contributed by atoms with Crippen molar-refractivity contribution in [1.82, 2.24) is 15.3 Å². The molecule has 1 N–H and O–H groups in total. The van der Waals surface area contributed by atoms with Gasteiger partial charge in [0.05, 0.1) is 6.54 Å². The predicted octanol–water partition coefficient (Wildman–Crippen LogP) is 2.55. The van der Waals surface area contributed by atoms with Crippen molar-refractivity contribution in [2.45, 2.75) is 58.5 Å². The Hall–Kier alpha value is -0.960. The third-order valence-electron chi connectivity index (χ3n) is 3.11. The molecule has 1 heterocycles. The summed E-state index contributed by atoms with van der Waals surface area (Å²) in [5.74, 6) is 1.63. The van der Waals surface area contributed by atoms with Gasteiger partial charge in [0.1, 0.15) is 5.82 Å². The van der Waals surface area contributed by atoms with Crippen molar-refractivity contribution in [3.05, 3.63) is 23.3 Å². The lowest BCUT2D eigenvalue weighted by Gasteiger charge is -2.25. The quantitative estimate of drug-likeness (QED) is 0.845. The van der Waals surface area contributed by atoms with Crippen LogP contribution in [0.4, 0.5) is 0 Å². The van der Waals surface area contributed by atoms with Gasteiger partial charge in [0, 0.05) is 23.3 Å². The number of rotatable bonds is 4. The molecule has 1 aromatic rings. The molecule has 0 atom stereocenters. The molecule has 1 saturated carbocycles. The van der Waals surface area contributed by atoms with Crippen LogP contribution in [0.3, 0.4) is 0 Å². The van der Waals surface area contributed by atoms with Gasteiger partial charge < -0.3 is 5.32 Å². The highest BCUT2D eigenvalue weighted by molar-refractivity contribution is 5.16.